The average Bonchev–Trinajstić information content (AvgIpc) is 2.39. The highest BCUT2D eigenvalue weighted by molar-refractivity contribution is 5.73. The van der Waals surface area contributed by atoms with Gasteiger partial charge >= 0.3 is 5.97 Å². The molecule has 0 aliphatic heterocycles. The Labute approximate surface area is 107 Å². The van der Waals surface area contributed by atoms with Crippen LogP contribution < -0.4 is 10.1 Å². The van der Waals surface area contributed by atoms with Crippen molar-refractivity contribution in [3.8, 4) is 5.75 Å². The highest BCUT2D eigenvalue weighted by atomic mass is 16.5. The fraction of sp³-hybridized carbons (Fsp3) is 0.500. The SMILES string of the molecule is CNC(COc1ccc2c(c1)CCCC2)C(=O)O. The fourth-order valence-electron chi connectivity index (χ4n) is 2.26. The molecule has 1 aliphatic rings. The normalized spacial score (nSPS) is 15.8. The Morgan fingerprint density at radius 3 is 2.78 bits per heavy atom. The molecule has 4 heteroatoms. The lowest BCUT2D eigenvalue weighted by Gasteiger charge is -2.18. The molecule has 4 nitrogen and oxygen atoms in total. The molecule has 0 amide bonds. The molecule has 1 aromatic rings. The van der Waals surface area contributed by atoms with Gasteiger partial charge in [0.2, 0.25) is 0 Å². The van der Waals surface area contributed by atoms with Gasteiger partial charge in [0.15, 0.2) is 0 Å². The third kappa shape index (κ3) is 3.01. The minimum absolute atomic E-state index is 0.143. The molecule has 98 valence electrons. The van der Waals surface area contributed by atoms with E-state index in [1.54, 1.807) is 7.05 Å². The van der Waals surface area contributed by atoms with Gasteiger partial charge in [0.25, 0.3) is 0 Å². The average molecular weight is 249 g/mol. The Kier molecular flexibility index (Phi) is 4.20. The maximum absolute atomic E-state index is 10.8. The number of hydrogen-bond donors (Lipinski definition) is 2. The minimum atomic E-state index is -0.893. The Bertz CT molecular complexity index is 431. The van der Waals surface area contributed by atoms with Gasteiger partial charge in [0, 0.05) is 0 Å². The summed E-state index contributed by atoms with van der Waals surface area (Å²) >= 11 is 0. The molecule has 2 rings (SSSR count). The van der Waals surface area contributed by atoms with Crippen LogP contribution in [-0.2, 0) is 17.6 Å². The number of benzene rings is 1. The molecule has 0 spiro atoms. The molecular weight excluding hydrogens is 230 g/mol. The van der Waals surface area contributed by atoms with E-state index in [1.807, 2.05) is 12.1 Å². The molecule has 0 heterocycles. The topological polar surface area (TPSA) is 58.6 Å². The monoisotopic (exact) mass is 249 g/mol. The molecule has 0 radical (unpaired) electrons. The van der Waals surface area contributed by atoms with Crippen LogP contribution in [-0.4, -0.2) is 30.8 Å². The number of aryl methyl sites for hydroxylation is 2. The minimum Gasteiger partial charge on any atom is -0.491 e. The van der Waals surface area contributed by atoms with E-state index in [4.69, 9.17) is 9.84 Å². The number of ether oxygens (including phenoxy) is 1. The van der Waals surface area contributed by atoms with Crippen LogP contribution in [0, 0.1) is 0 Å². The van der Waals surface area contributed by atoms with Crippen LogP contribution >= 0.6 is 0 Å². The van der Waals surface area contributed by atoms with Crippen LogP contribution in [0.15, 0.2) is 18.2 Å². The zero-order valence-corrected chi connectivity index (χ0v) is 10.6. The lowest BCUT2D eigenvalue weighted by Crippen LogP contribution is -2.39. The first kappa shape index (κ1) is 12.9. The summed E-state index contributed by atoms with van der Waals surface area (Å²) in [5.74, 6) is -0.132. The van der Waals surface area contributed by atoms with Crippen molar-refractivity contribution in [2.45, 2.75) is 31.7 Å². The zero-order valence-electron chi connectivity index (χ0n) is 10.6. The lowest BCUT2D eigenvalue weighted by atomic mass is 9.92. The number of likely N-dealkylation sites (N-methyl/N-ethyl adjacent to an activating group) is 1. The number of hydrogen-bond acceptors (Lipinski definition) is 3. The van der Waals surface area contributed by atoms with Crippen LogP contribution in [0.4, 0.5) is 0 Å². The standard InChI is InChI=1S/C14H19NO3/c1-15-13(14(16)17)9-18-12-7-6-10-4-2-3-5-11(10)8-12/h6-8,13,15H,2-5,9H2,1H3,(H,16,17). The van der Waals surface area contributed by atoms with Crippen molar-refractivity contribution >= 4 is 5.97 Å². The summed E-state index contributed by atoms with van der Waals surface area (Å²) < 4.78 is 5.54. The number of rotatable bonds is 5. The lowest BCUT2D eigenvalue weighted by molar-refractivity contribution is -0.140. The summed E-state index contributed by atoms with van der Waals surface area (Å²) in [7, 11) is 1.62. The maximum atomic E-state index is 10.8. The number of fused-ring (bicyclic) bond motifs is 1. The molecule has 2 N–H and O–H groups in total. The van der Waals surface area contributed by atoms with Crippen molar-refractivity contribution in [2.75, 3.05) is 13.7 Å². The molecule has 0 aromatic heterocycles. The number of aliphatic carboxylic acids is 1. The Hall–Kier alpha value is -1.55. The third-order valence-corrected chi connectivity index (χ3v) is 3.38. The number of carboxylic acids is 1. The van der Waals surface area contributed by atoms with Gasteiger partial charge in [-0.1, -0.05) is 6.07 Å². The van der Waals surface area contributed by atoms with Gasteiger partial charge in [-0.15, -0.1) is 0 Å². The Morgan fingerprint density at radius 1 is 1.39 bits per heavy atom. The first-order chi connectivity index (χ1) is 8.70. The second-order valence-electron chi connectivity index (χ2n) is 4.63. The van der Waals surface area contributed by atoms with E-state index in [-0.39, 0.29) is 6.61 Å². The van der Waals surface area contributed by atoms with Gasteiger partial charge in [-0.3, -0.25) is 4.79 Å². The third-order valence-electron chi connectivity index (χ3n) is 3.38. The van der Waals surface area contributed by atoms with Gasteiger partial charge in [0.1, 0.15) is 18.4 Å². The quantitative estimate of drug-likeness (QED) is 0.832. The number of nitrogens with one attached hydrogen (secondary N) is 1. The molecule has 1 aliphatic carbocycles. The number of carbonyl (C=O) groups is 1. The van der Waals surface area contributed by atoms with Crippen molar-refractivity contribution < 1.29 is 14.6 Å². The summed E-state index contributed by atoms with van der Waals surface area (Å²) in [6.07, 6.45) is 4.73. The van der Waals surface area contributed by atoms with Crippen molar-refractivity contribution in [1.29, 1.82) is 0 Å². The highest BCUT2D eigenvalue weighted by Crippen LogP contribution is 2.25. The smallest absolute Gasteiger partial charge is 0.324 e. The first-order valence-corrected chi connectivity index (χ1v) is 6.35. The molecule has 1 atom stereocenters. The Balaban J connectivity index is 1.99. The summed E-state index contributed by atoms with van der Waals surface area (Å²) in [4.78, 5) is 10.8. The van der Waals surface area contributed by atoms with Gasteiger partial charge < -0.3 is 15.2 Å². The summed E-state index contributed by atoms with van der Waals surface area (Å²) in [5.41, 5.74) is 2.74. The molecule has 18 heavy (non-hydrogen) atoms. The number of carboxylic acid groups (broad SMARTS) is 1. The second kappa shape index (κ2) is 5.87. The van der Waals surface area contributed by atoms with Gasteiger partial charge in [0.05, 0.1) is 0 Å². The molecule has 0 saturated heterocycles. The van der Waals surface area contributed by atoms with E-state index < -0.39 is 12.0 Å². The van der Waals surface area contributed by atoms with E-state index in [9.17, 15) is 4.79 Å². The van der Waals surface area contributed by atoms with E-state index in [1.165, 1.54) is 24.0 Å². The molecule has 0 saturated carbocycles. The molecular formula is C14H19NO3. The first-order valence-electron chi connectivity index (χ1n) is 6.35. The fourth-order valence-corrected chi connectivity index (χ4v) is 2.26. The molecule has 1 aromatic carbocycles. The maximum Gasteiger partial charge on any atom is 0.324 e. The van der Waals surface area contributed by atoms with Crippen LogP contribution in [0.5, 0.6) is 5.75 Å². The largest absolute Gasteiger partial charge is 0.491 e. The molecule has 1 unspecified atom stereocenters. The van der Waals surface area contributed by atoms with Crippen LogP contribution in [0.3, 0.4) is 0 Å². The zero-order chi connectivity index (χ0) is 13.0. The van der Waals surface area contributed by atoms with Crippen LogP contribution in [0.25, 0.3) is 0 Å². The Morgan fingerprint density at radius 2 is 2.11 bits per heavy atom. The van der Waals surface area contributed by atoms with E-state index in [2.05, 4.69) is 11.4 Å². The summed E-state index contributed by atoms with van der Waals surface area (Å²) in [5, 5.41) is 11.6. The van der Waals surface area contributed by atoms with Crippen LogP contribution in [0.1, 0.15) is 24.0 Å². The van der Waals surface area contributed by atoms with Crippen molar-refractivity contribution in [2.24, 2.45) is 0 Å². The van der Waals surface area contributed by atoms with E-state index in [0.717, 1.165) is 18.6 Å². The van der Waals surface area contributed by atoms with Gasteiger partial charge in [-0.25, -0.2) is 0 Å². The predicted octanol–water partition coefficient (Wildman–Crippen LogP) is 1.62. The van der Waals surface area contributed by atoms with E-state index in [0.29, 0.717) is 0 Å². The summed E-state index contributed by atoms with van der Waals surface area (Å²) in [6, 6.07) is 5.40. The van der Waals surface area contributed by atoms with Crippen molar-refractivity contribution in [1.82, 2.24) is 5.32 Å². The van der Waals surface area contributed by atoms with Gasteiger partial charge in [-0.05, 0) is 56.0 Å². The molecule has 0 bridgehead atoms. The summed E-state index contributed by atoms with van der Waals surface area (Å²) in [6.45, 7) is 0.143. The van der Waals surface area contributed by atoms with Crippen LogP contribution in [0.2, 0.25) is 0 Å². The van der Waals surface area contributed by atoms with Gasteiger partial charge in [-0.2, -0.15) is 0 Å². The second-order valence-corrected chi connectivity index (χ2v) is 4.63. The van der Waals surface area contributed by atoms with Crippen molar-refractivity contribution in [3.63, 3.8) is 0 Å². The predicted molar refractivity (Wildman–Crippen MR) is 69.1 cm³/mol. The molecule has 0 fully saturated rings. The highest BCUT2D eigenvalue weighted by Gasteiger charge is 2.16. The van der Waals surface area contributed by atoms with Crippen molar-refractivity contribution in [3.05, 3.63) is 29.3 Å². The van der Waals surface area contributed by atoms with E-state index >= 15 is 0 Å².